The predicted octanol–water partition coefficient (Wildman–Crippen LogP) is 1.57. The van der Waals surface area contributed by atoms with Gasteiger partial charge in [-0.05, 0) is 25.7 Å². The van der Waals surface area contributed by atoms with E-state index < -0.39 is 0 Å². The quantitative estimate of drug-likeness (QED) is 0.825. The maximum atomic E-state index is 12.4. The van der Waals surface area contributed by atoms with E-state index >= 15 is 0 Å². The van der Waals surface area contributed by atoms with Gasteiger partial charge in [-0.1, -0.05) is 19.3 Å². The van der Waals surface area contributed by atoms with Gasteiger partial charge in [0.25, 0.3) is 0 Å². The molecule has 0 radical (unpaired) electrons. The SMILES string of the molecule is CN(C(=O)N1CCC(C(N)=O)CC1)C1CCCCC1. The van der Waals surface area contributed by atoms with Crippen molar-refractivity contribution in [1.82, 2.24) is 9.80 Å². The molecule has 108 valence electrons. The van der Waals surface area contributed by atoms with Gasteiger partial charge in [0.15, 0.2) is 0 Å². The fraction of sp³-hybridized carbons (Fsp3) is 0.857. The van der Waals surface area contributed by atoms with Crippen molar-refractivity contribution in [3.63, 3.8) is 0 Å². The normalized spacial score (nSPS) is 22.3. The average Bonchev–Trinajstić information content (AvgIpc) is 2.46. The minimum absolute atomic E-state index is 0.0518. The number of primary amides is 1. The van der Waals surface area contributed by atoms with E-state index in [0.29, 0.717) is 32.0 Å². The number of nitrogens with two attached hydrogens (primary N) is 1. The molecule has 3 amide bonds. The third-order valence-electron chi connectivity index (χ3n) is 4.59. The van der Waals surface area contributed by atoms with Crippen LogP contribution < -0.4 is 5.73 Å². The van der Waals surface area contributed by atoms with Crippen LogP contribution in [-0.4, -0.2) is 47.9 Å². The van der Waals surface area contributed by atoms with Gasteiger partial charge in [0.05, 0.1) is 0 Å². The van der Waals surface area contributed by atoms with Gasteiger partial charge in [0, 0.05) is 32.1 Å². The molecule has 5 heteroatoms. The number of urea groups is 1. The number of carbonyl (C=O) groups excluding carboxylic acids is 2. The molecule has 1 aliphatic heterocycles. The second-order valence-electron chi connectivity index (χ2n) is 5.85. The highest BCUT2D eigenvalue weighted by molar-refractivity contribution is 5.78. The Labute approximate surface area is 115 Å². The summed E-state index contributed by atoms with van der Waals surface area (Å²) in [6, 6.07) is 0.518. The van der Waals surface area contributed by atoms with Crippen molar-refractivity contribution in [3.8, 4) is 0 Å². The first-order valence-corrected chi connectivity index (χ1v) is 7.40. The average molecular weight is 267 g/mol. The van der Waals surface area contributed by atoms with Gasteiger partial charge in [-0.3, -0.25) is 4.79 Å². The molecule has 2 N–H and O–H groups in total. The molecule has 5 nitrogen and oxygen atoms in total. The summed E-state index contributed by atoms with van der Waals surface area (Å²) in [5.41, 5.74) is 5.31. The number of amides is 3. The topological polar surface area (TPSA) is 66.6 Å². The number of nitrogens with zero attached hydrogens (tertiary/aromatic N) is 2. The van der Waals surface area contributed by atoms with E-state index in [9.17, 15) is 9.59 Å². The molecule has 0 unspecified atom stereocenters. The monoisotopic (exact) mass is 267 g/mol. The first-order chi connectivity index (χ1) is 9.09. The molecule has 1 saturated carbocycles. The Morgan fingerprint density at radius 1 is 1.05 bits per heavy atom. The van der Waals surface area contributed by atoms with Crippen molar-refractivity contribution >= 4 is 11.9 Å². The Balaban J connectivity index is 1.84. The summed E-state index contributed by atoms with van der Waals surface area (Å²) < 4.78 is 0. The Kier molecular flexibility index (Phi) is 4.66. The molecule has 1 aliphatic carbocycles. The molecule has 0 aromatic heterocycles. The zero-order valence-corrected chi connectivity index (χ0v) is 11.8. The minimum atomic E-state index is -0.229. The molecule has 2 aliphatic rings. The van der Waals surface area contributed by atoms with E-state index in [2.05, 4.69) is 0 Å². The highest BCUT2D eigenvalue weighted by Gasteiger charge is 2.30. The van der Waals surface area contributed by atoms with E-state index in [1.54, 1.807) is 0 Å². The summed E-state index contributed by atoms with van der Waals surface area (Å²) in [6.07, 6.45) is 7.42. The largest absolute Gasteiger partial charge is 0.369 e. The van der Waals surface area contributed by atoms with E-state index in [1.807, 2.05) is 16.8 Å². The van der Waals surface area contributed by atoms with Crippen LogP contribution in [0.4, 0.5) is 4.79 Å². The van der Waals surface area contributed by atoms with Gasteiger partial charge in [-0.25, -0.2) is 4.79 Å². The smallest absolute Gasteiger partial charge is 0.319 e. The van der Waals surface area contributed by atoms with E-state index in [-0.39, 0.29) is 17.9 Å². The highest BCUT2D eigenvalue weighted by Crippen LogP contribution is 2.24. The maximum Gasteiger partial charge on any atom is 0.319 e. The van der Waals surface area contributed by atoms with Gasteiger partial charge in [-0.15, -0.1) is 0 Å². The van der Waals surface area contributed by atoms with E-state index in [0.717, 1.165) is 12.8 Å². The third-order valence-corrected chi connectivity index (χ3v) is 4.59. The Hall–Kier alpha value is -1.26. The summed E-state index contributed by atoms with van der Waals surface area (Å²) in [6.45, 7) is 1.31. The van der Waals surface area contributed by atoms with Crippen molar-refractivity contribution in [2.45, 2.75) is 51.0 Å². The molecule has 2 rings (SSSR count). The van der Waals surface area contributed by atoms with Crippen LogP contribution in [-0.2, 0) is 4.79 Å². The zero-order chi connectivity index (χ0) is 13.8. The summed E-state index contributed by atoms with van der Waals surface area (Å²) >= 11 is 0. The lowest BCUT2D eigenvalue weighted by Gasteiger charge is -2.38. The van der Waals surface area contributed by atoms with Gasteiger partial charge in [0.2, 0.25) is 5.91 Å². The van der Waals surface area contributed by atoms with Crippen molar-refractivity contribution in [2.24, 2.45) is 11.7 Å². The number of hydrogen-bond donors (Lipinski definition) is 1. The van der Waals surface area contributed by atoms with E-state index in [4.69, 9.17) is 5.73 Å². The molecule has 0 aromatic carbocycles. The van der Waals surface area contributed by atoms with Crippen LogP contribution in [0, 0.1) is 5.92 Å². The number of carbonyl (C=O) groups is 2. The number of likely N-dealkylation sites (tertiary alicyclic amines) is 1. The number of rotatable bonds is 2. The zero-order valence-electron chi connectivity index (χ0n) is 11.8. The van der Waals surface area contributed by atoms with Crippen LogP contribution in [0.1, 0.15) is 44.9 Å². The van der Waals surface area contributed by atoms with E-state index in [1.165, 1.54) is 19.3 Å². The van der Waals surface area contributed by atoms with Crippen LogP contribution in [0.3, 0.4) is 0 Å². The van der Waals surface area contributed by atoms with Crippen molar-refractivity contribution < 1.29 is 9.59 Å². The van der Waals surface area contributed by atoms with Crippen molar-refractivity contribution in [1.29, 1.82) is 0 Å². The van der Waals surface area contributed by atoms with Crippen molar-refractivity contribution in [3.05, 3.63) is 0 Å². The second-order valence-corrected chi connectivity index (χ2v) is 5.85. The first-order valence-electron chi connectivity index (χ1n) is 7.40. The number of hydrogen-bond acceptors (Lipinski definition) is 2. The Bertz CT molecular complexity index is 332. The lowest BCUT2D eigenvalue weighted by Crippen LogP contribution is -2.50. The minimum Gasteiger partial charge on any atom is -0.369 e. The highest BCUT2D eigenvalue weighted by atomic mass is 16.2. The van der Waals surface area contributed by atoms with Crippen LogP contribution in [0.25, 0.3) is 0 Å². The predicted molar refractivity (Wildman–Crippen MR) is 73.5 cm³/mol. The summed E-state index contributed by atoms with van der Waals surface area (Å²) in [7, 11) is 1.92. The molecule has 0 aromatic rings. The molecule has 0 atom stereocenters. The standard InChI is InChI=1S/C14H25N3O2/c1-16(12-5-3-2-4-6-12)14(19)17-9-7-11(8-10-17)13(15)18/h11-12H,2-10H2,1H3,(H2,15,18). The Morgan fingerprint density at radius 3 is 2.16 bits per heavy atom. The molecular formula is C14H25N3O2. The molecular weight excluding hydrogens is 242 g/mol. The third kappa shape index (κ3) is 3.39. The van der Waals surface area contributed by atoms with Gasteiger partial charge in [0.1, 0.15) is 0 Å². The van der Waals surface area contributed by atoms with Crippen LogP contribution >= 0.6 is 0 Å². The van der Waals surface area contributed by atoms with Crippen LogP contribution in [0.5, 0.6) is 0 Å². The molecule has 1 saturated heterocycles. The van der Waals surface area contributed by atoms with Crippen molar-refractivity contribution in [2.75, 3.05) is 20.1 Å². The molecule has 2 fully saturated rings. The molecule has 1 heterocycles. The maximum absolute atomic E-state index is 12.4. The molecule has 0 spiro atoms. The summed E-state index contributed by atoms with van der Waals surface area (Å²) in [5.74, 6) is -0.281. The first kappa shape index (κ1) is 14.2. The number of piperidine rings is 1. The summed E-state index contributed by atoms with van der Waals surface area (Å²) in [5, 5.41) is 0. The van der Waals surface area contributed by atoms with Crippen LogP contribution in [0.2, 0.25) is 0 Å². The molecule has 0 bridgehead atoms. The van der Waals surface area contributed by atoms with Gasteiger partial charge < -0.3 is 15.5 Å². The second kappa shape index (κ2) is 6.26. The lowest BCUT2D eigenvalue weighted by molar-refractivity contribution is -0.123. The van der Waals surface area contributed by atoms with Crippen LogP contribution in [0.15, 0.2) is 0 Å². The molecule has 19 heavy (non-hydrogen) atoms. The summed E-state index contributed by atoms with van der Waals surface area (Å²) in [4.78, 5) is 27.3. The Morgan fingerprint density at radius 2 is 1.63 bits per heavy atom. The lowest BCUT2D eigenvalue weighted by atomic mass is 9.94. The van der Waals surface area contributed by atoms with Gasteiger partial charge in [-0.2, -0.15) is 0 Å². The fourth-order valence-electron chi connectivity index (χ4n) is 3.20. The fourth-order valence-corrected chi connectivity index (χ4v) is 3.20. The van der Waals surface area contributed by atoms with Gasteiger partial charge >= 0.3 is 6.03 Å².